The van der Waals surface area contributed by atoms with E-state index in [1.54, 1.807) is 23.0 Å². The lowest BCUT2D eigenvalue weighted by molar-refractivity contribution is -0.137. The summed E-state index contributed by atoms with van der Waals surface area (Å²) in [7, 11) is 0. The van der Waals surface area contributed by atoms with E-state index in [4.69, 9.17) is 5.73 Å². The molecule has 1 atom stereocenters. The number of nitrogens with two attached hydrogens (primary N) is 1. The van der Waals surface area contributed by atoms with Crippen molar-refractivity contribution in [3.63, 3.8) is 0 Å². The fraction of sp³-hybridized carbons (Fsp3) is 0.357. The summed E-state index contributed by atoms with van der Waals surface area (Å²) in [4.78, 5) is 0. The van der Waals surface area contributed by atoms with Crippen LogP contribution < -0.4 is 5.73 Å². The Morgan fingerprint density at radius 2 is 2.05 bits per heavy atom. The Balaban J connectivity index is 2.18. The molecule has 2 rings (SSSR count). The third-order valence-corrected chi connectivity index (χ3v) is 3.14. The number of rotatable bonds is 4. The van der Waals surface area contributed by atoms with Crippen LogP contribution in [0.4, 0.5) is 13.2 Å². The minimum Gasteiger partial charge on any atom is -0.322 e. The summed E-state index contributed by atoms with van der Waals surface area (Å²) in [5.74, 6) is 0. The van der Waals surface area contributed by atoms with E-state index >= 15 is 0 Å². The Morgan fingerprint density at radius 3 is 2.70 bits per heavy atom. The van der Waals surface area contributed by atoms with Crippen molar-refractivity contribution in [2.24, 2.45) is 5.73 Å². The predicted octanol–water partition coefficient (Wildman–Crippen LogP) is 3.16. The molecule has 0 spiro atoms. The van der Waals surface area contributed by atoms with Crippen LogP contribution in [-0.4, -0.2) is 9.78 Å². The molecule has 3 nitrogen and oxygen atoms in total. The number of benzene rings is 1. The topological polar surface area (TPSA) is 43.8 Å². The van der Waals surface area contributed by atoms with Crippen LogP contribution in [0.15, 0.2) is 36.5 Å². The number of halogens is 3. The summed E-state index contributed by atoms with van der Waals surface area (Å²) in [6.45, 7) is 2.62. The molecule has 108 valence electrons. The van der Waals surface area contributed by atoms with Crippen LogP contribution in [0.5, 0.6) is 0 Å². The van der Waals surface area contributed by atoms with Crippen LogP contribution in [0.1, 0.15) is 29.8 Å². The maximum atomic E-state index is 12.7. The molecule has 0 amide bonds. The first kappa shape index (κ1) is 14.6. The van der Waals surface area contributed by atoms with E-state index in [0.717, 1.165) is 17.8 Å². The van der Waals surface area contributed by atoms with Crippen molar-refractivity contribution in [1.82, 2.24) is 9.78 Å². The van der Waals surface area contributed by atoms with Gasteiger partial charge in [-0.2, -0.15) is 18.3 Å². The van der Waals surface area contributed by atoms with E-state index < -0.39 is 11.7 Å². The average Bonchev–Trinajstić information content (AvgIpc) is 2.86. The standard InChI is InChI=1S/C14H16F3N3/c1-2-20-13(6-7-19-20)12(18)9-10-4-3-5-11(8-10)14(15,16)17/h3-8,12H,2,9,18H2,1H3. The van der Waals surface area contributed by atoms with Crippen LogP contribution in [0.2, 0.25) is 0 Å². The molecule has 6 heteroatoms. The van der Waals surface area contributed by atoms with Crippen molar-refractivity contribution in [3.8, 4) is 0 Å². The predicted molar refractivity (Wildman–Crippen MR) is 70.0 cm³/mol. The maximum absolute atomic E-state index is 12.7. The zero-order valence-corrected chi connectivity index (χ0v) is 11.1. The molecule has 1 aromatic heterocycles. The van der Waals surface area contributed by atoms with Gasteiger partial charge in [0, 0.05) is 12.7 Å². The number of aryl methyl sites for hydroxylation is 1. The molecule has 0 fully saturated rings. The van der Waals surface area contributed by atoms with Gasteiger partial charge in [0.2, 0.25) is 0 Å². The summed E-state index contributed by atoms with van der Waals surface area (Å²) in [6.07, 6.45) is -2.34. The molecule has 1 heterocycles. The molecule has 0 aliphatic carbocycles. The molecule has 0 saturated heterocycles. The Morgan fingerprint density at radius 1 is 1.30 bits per heavy atom. The van der Waals surface area contributed by atoms with Gasteiger partial charge in [0.25, 0.3) is 0 Å². The first-order chi connectivity index (χ1) is 9.41. The van der Waals surface area contributed by atoms with Crippen LogP contribution >= 0.6 is 0 Å². The Bertz CT molecular complexity index is 575. The molecular weight excluding hydrogens is 267 g/mol. The maximum Gasteiger partial charge on any atom is 0.416 e. The van der Waals surface area contributed by atoms with Crippen molar-refractivity contribution >= 4 is 0 Å². The zero-order valence-electron chi connectivity index (χ0n) is 11.1. The SMILES string of the molecule is CCn1nccc1C(N)Cc1cccc(C(F)(F)F)c1. The lowest BCUT2D eigenvalue weighted by Gasteiger charge is -2.14. The molecular formula is C14H16F3N3. The third-order valence-electron chi connectivity index (χ3n) is 3.14. The van der Waals surface area contributed by atoms with Gasteiger partial charge in [-0.3, -0.25) is 4.68 Å². The highest BCUT2D eigenvalue weighted by Gasteiger charge is 2.30. The minimum atomic E-state index is -4.33. The van der Waals surface area contributed by atoms with Crippen molar-refractivity contribution in [2.75, 3.05) is 0 Å². The second kappa shape index (κ2) is 5.66. The first-order valence-corrected chi connectivity index (χ1v) is 6.35. The number of alkyl halides is 3. The summed E-state index contributed by atoms with van der Waals surface area (Å²) >= 11 is 0. The van der Waals surface area contributed by atoms with E-state index in [1.807, 2.05) is 6.92 Å². The van der Waals surface area contributed by atoms with Gasteiger partial charge in [0.15, 0.2) is 0 Å². The zero-order chi connectivity index (χ0) is 14.8. The Hall–Kier alpha value is -1.82. The van der Waals surface area contributed by atoms with E-state index in [1.165, 1.54) is 6.07 Å². The molecule has 1 unspecified atom stereocenters. The molecule has 0 bridgehead atoms. The average molecular weight is 283 g/mol. The van der Waals surface area contributed by atoms with Crippen LogP contribution in [0, 0.1) is 0 Å². The van der Waals surface area contributed by atoms with Gasteiger partial charge >= 0.3 is 6.18 Å². The molecule has 20 heavy (non-hydrogen) atoms. The van der Waals surface area contributed by atoms with Crippen molar-refractivity contribution in [2.45, 2.75) is 32.1 Å². The lowest BCUT2D eigenvalue weighted by Crippen LogP contribution is -2.18. The first-order valence-electron chi connectivity index (χ1n) is 6.35. The molecule has 2 N–H and O–H groups in total. The summed E-state index contributed by atoms with van der Waals surface area (Å²) in [5, 5.41) is 4.11. The second-order valence-electron chi connectivity index (χ2n) is 4.58. The van der Waals surface area contributed by atoms with Crippen LogP contribution in [0.3, 0.4) is 0 Å². The molecule has 2 aromatic rings. The molecule has 0 aliphatic heterocycles. The largest absolute Gasteiger partial charge is 0.416 e. The molecule has 0 saturated carbocycles. The smallest absolute Gasteiger partial charge is 0.322 e. The van der Waals surface area contributed by atoms with Gasteiger partial charge in [-0.15, -0.1) is 0 Å². The van der Waals surface area contributed by atoms with E-state index in [9.17, 15) is 13.2 Å². The molecule has 1 aromatic carbocycles. The fourth-order valence-electron chi connectivity index (χ4n) is 2.16. The van der Waals surface area contributed by atoms with E-state index in [2.05, 4.69) is 5.10 Å². The highest BCUT2D eigenvalue weighted by Crippen LogP contribution is 2.30. The second-order valence-corrected chi connectivity index (χ2v) is 4.58. The van der Waals surface area contributed by atoms with Gasteiger partial charge in [-0.25, -0.2) is 0 Å². The normalized spacial score (nSPS) is 13.4. The molecule has 0 aliphatic rings. The summed E-state index contributed by atoms with van der Waals surface area (Å²) in [6, 6.07) is 6.68. The van der Waals surface area contributed by atoms with Crippen LogP contribution in [-0.2, 0) is 19.1 Å². The quantitative estimate of drug-likeness (QED) is 0.936. The number of nitrogens with zero attached hydrogens (tertiary/aromatic N) is 2. The van der Waals surface area contributed by atoms with Crippen LogP contribution in [0.25, 0.3) is 0 Å². The van der Waals surface area contributed by atoms with Crippen molar-refractivity contribution in [3.05, 3.63) is 53.3 Å². The Labute approximate surface area is 115 Å². The van der Waals surface area contributed by atoms with Crippen molar-refractivity contribution in [1.29, 1.82) is 0 Å². The highest BCUT2D eigenvalue weighted by molar-refractivity contribution is 5.27. The number of aromatic nitrogens is 2. The minimum absolute atomic E-state index is 0.343. The van der Waals surface area contributed by atoms with E-state index in [0.29, 0.717) is 18.5 Å². The fourth-order valence-corrected chi connectivity index (χ4v) is 2.16. The number of hydrogen-bond acceptors (Lipinski definition) is 2. The molecule has 0 radical (unpaired) electrons. The van der Waals surface area contributed by atoms with Gasteiger partial charge < -0.3 is 5.73 Å². The Kier molecular flexibility index (Phi) is 4.13. The van der Waals surface area contributed by atoms with Crippen molar-refractivity contribution < 1.29 is 13.2 Å². The van der Waals surface area contributed by atoms with Gasteiger partial charge in [-0.05, 0) is 31.0 Å². The van der Waals surface area contributed by atoms with E-state index in [-0.39, 0.29) is 6.04 Å². The van der Waals surface area contributed by atoms with Gasteiger partial charge in [-0.1, -0.05) is 18.2 Å². The summed E-state index contributed by atoms with van der Waals surface area (Å²) < 4.78 is 39.7. The summed E-state index contributed by atoms with van der Waals surface area (Å²) in [5.41, 5.74) is 6.81. The third kappa shape index (κ3) is 3.19. The number of hydrogen-bond donors (Lipinski definition) is 1. The van der Waals surface area contributed by atoms with Gasteiger partial charge in [0.05, 0.1) is 17.3 Å². The monoisotopic (exact) mass is 283 g/mol. The highest BCUT2D eigenvalue weighted by atomic mass is 19.4. The van der Waals surface area contributed by atoms with Gasteiger partial charge in [0.1, 0.15) is 0 Å². The lowest BCUT2D eigenvalue weighted by atomic mass is 10.0.